The molecule has 1 aromatic heterocycles. The molecule has 0 N–H and O–H groups in total. The van der Waals surface area contributed by atoms with Crippen LogP contribution in [0.1, 0.15) is 10.4 Å². The predicted octanol–water partition coefficient (Wildman–Crippen LogP) is 3.88. The standard InChI is InChI=1S/C13H8Cl2N2O5/c1-21-13(18)7-2-9(6-16-5-7)22-12-10(14)3-8(17(19)20)4-11(12)15/h2-6H,1H3. The summed E-state index contributed by atoms with van der Waals surface area (Å²) in [4.78, 5) is 25.4. The minimum absolute atomic E-state index is 0.0257. The molecule has 7 nitrogen and oxygen atoms in total. The number of hydrogen-bond acceptors (Lipinski definition) is 6. The van der Waals surface area contributed by atoms with Gasteiger partial charge in [-0.25, -0.2) is 4.79 Å². The van der Waals surface area contributed by atoms with Crippen molar-refractivity contribution in [2.24, 2.45) is 0 Å². The third kappa shape index (κ3) is 3.44. The van der Waals surface area contributed by atoms with E-state index in [1.807, 2.05) is 0 Å². The van der Waals surface area contributed by atoms with Crippen LogP contribution in [0.2, 0.25) is 10.0 Å². The van der Waals surface area contributed by atoms with Gasteiger partial charge in [-0.2, -0.15) is 0 Å². The fraction of sp³-hybridized carbons (Fsp3) is 0.0769. The maximum Gasteiger partial charge on any atom is 0.339 e. The summed E-state index contributed by atoms with van der Waals surface area (Å²) in [5, 5.41) is 10.6. The van der Waals surface area contributed by atoms with E-state index < -0.39 is 10.9 Å². The van der Waals surface area contributed by atoms with Gasteiger partial charge in [0.15, 0.2) is 5.75 Å². The van der Waals surface area contributed by atoms with E-state index in [1.54, 1.807) is 0 Å². The van der Waals surface area contributed by atoms with Crippen LogP contribution in [0.3, 0.4) is 0 Å². The lowest BCUT2D eigenvalue weighted by molar-refractivity contribution is -0.384. The molecule has 0 radical (unpaired) electrons. The molecular weight excluding hydrogens is 335 g/mol. The van der Waals surface area contributed by atoms with Crippen LogP contribution in [0.25, 0.3) is 0 Å². The van der Waals surface area contributed by atoms with Crippen molar-refractivity contribution >= 4 is 34.9 Å². The van der Waals surface area contributed by atoms with Gasteiger partial charge >= 0.3 is 5.97 Å². The molecule has 1 aromatic carbocycles. The average molecular weight is 343 g/mol. The van der Waals surface area contributed by atoms with E-state index in [4.69, 9.17) is 27.9 Å². The molecule has 0 saturated heterocycles. The summed E-state index contributed by atoms with van der Waals surface area (Å²) in [6.07, 6.45) is 2.64. The highest BCUT2D eigenvalue weighted by atomic mass is 35.5. The van der Waals surface area contributed by atoms with Crippen molar-refractivity contribution in [3.8, 4) is 11.5 Å². The van der Waals surface area contributed by atoms with Gasteiger partial charge in [0.2, 0.25) is 0 Å². The molecule has 0 saturated carbocycles. The second-order valence-corrected chi connectivity index (χ2v) is 4.81. The molecule has 0 bridgehead atoms. The second-order valence-electron chi connectivity index (χ2n) is 4.00. The molecule has 0 aliphatic rings. The Labute approximate surface area is 134 Å². The molecular formula is C13H8Cl2N2O5. The molecule has 2 rings (SSSR count). The van der Waals surface area contributed by atoms with Gasteiger partial charge in [0.25, 0.3) is 5.69 Å². The highest BCUT2D eigenvalue weighted by molar-refractivity contribution is 6.37. The molecule has 0 unspecified atom stereocenters. The van der Waals surface area contributed by atoms with Crippen molar-refractivity contribution < 1.29 is 19.2 Å². The monoisotopic (exact) mass is 342 g/mol. The van der Waals surface area contributed by atoms with Gasteiger partial charge in [-0.15, -0.1) is 0 Å². The summed E-state index contributed by atoms with van der Waals surface area (Å²) in [6, 6.07) is 3.60. The quantitative estimate of drug-likeness (QED) is 0.475. The zero-order valence-electron chi connectivity index (χ0n) is 11.1. The first-order valence-corrected chi connectivity index (χ1v) is 6.52. The summed E-state index contributed by atoms with van der Waals surface area (Å²) < 4.78 is 10.0. The SMILES string of the molecule is COC(=O)c1cncc(Oc2c(Cl)cc([N+](=O)[O-])cc2Cl)c1. The average Bonchev–Trinajstić information content (AvgIpc) is 2.50. The number of rotatable bonds is 4. The summed E-state index contributed by atoms with van der Waals surface area (Å²) in [7, 11) is 1.24. The van der Waals surface area contributed by atoms with E-state index in [9.17, 15) is 14.9 Å². The number of hydrogen-bond donors (Lipinski definition) is 0. The number of nitro groups is 1. The zero-order valence-corrected chi connectivity index (χ0v) is 12.6. The number of aromatic nitrogens is 1. The largest absolute Gasteiger partial charge is 0.465 e. The Morgan fingerprint density at radius 2 is 1.86 bits per heavy atom. The fourth-order valence-corrected chi connectivity index (χ4v) is 2.12. The number of halogens is 2. The van der Waals surface area contributed by atoms with E-state index in [1.165, 1.54) is 25.6 Å². The van der Waals surface area contributed by atoms with Gasteiger partial charge in [0.05, 0.1) is 33.8 Å². The Morgan fingerprint density at radius 1 is 1.23 bits per heavy atom. The maximum atomic E-state index is 11.4. The van der Waals surface area contributed by atoms with Crippen LogP contribution in [-0.2, 0) is 4.74 Å². The van der Waals surface area contributed by atoms with Crippen LogP contribution in [0.15, 0.2) is 30.6 Å². The smallest absolute Gasteiger partial charge is 0.339 e. The van der Waals surface area contributed by atoms with Crippen LogP contribution in [0.5, 0.6) is 11.5 Å². The Balaban J connectivity index is 2.35. The van der Waals surface area contributed by atoms with Crippen molar-refractivity contribution in [2.75, 3.05) is 7.11 Å². The highest BCUT2D eigenvalue weighted by Crippen LogP contribution is 2.39. The summed E-state index contributed by atoms with van der Waals surface area (Å²) in [6.45, 7) is 0. The van der Waals surface area contributed by atoms with Crippen LogP contribution in [0.4, 0.5) is 5.69 Å². The molecule has 9 heteroatoms. The Bertz CT molecular complexity index is 728. The fourth-order valence-electron chi connectivity index (χ4n) is 1.57. The number of carbonyl (C=O) groups excluding carboxylic acids is 1. The minimum Gasteiger partial charge on any atom is -0.465 e. The van der Waals surface area contributed by atoms with E-state index >= 15 is 0 Å². The van der Waals surface area contributed by atoms with E-state index in [0.29, 0.717) is 0 Å². The van der Waals surface area contributed by atoms with Crippen molar-refractivity contribution in [1.82, 2.24) is 4.98 Å². The van der Waals surface area contributed by atoms with E-state index in [0.717, 1.165) is 12.1 Å². The third-order valence-electron chi connectivity index (χ3n) is 2.55. The van der Waals surface area contributed by atoms with Crippen LogP contribution in [-0.4, -0.2) is 23.0 Å². The van der Waals surface area contributed by atoms with Crippen LogP contribution < -0.4 is 4.74 Å². The van der Waals surface area contributed by atoms with E-state index in [2.05, 4.69) is 9.72 Å². The van der Waals surface area contributed by atoms with Crippen molar-refractivity contribution in [1.29, 1.82) is 0 Å². The van der Waals surface area contributed by atoms with Crippen LogP contribution >= 0.6 is 23.2 Å². The number of carbonyl (C=O) groups is 1. The summed E-state index contributed by atoms with van der Waals surface area (Å²) >= 11 is 11.9. The van der Waals surface area contributed by atoms with Gasteiger partial charge in [-0.05, 0) is 6.07 Å². The molecule has 0 atom stereocenters. The van der Waals surface area contributed by atoms with Crippen molar-refractivity contribution in [3.63, 3.8) is 0 Å². The predicted molar refractivity (Wildman–Crippen MR) is 78.8 cm³/mol. The topological polar surface area (TPSA) is 91.6 Å². The van der Waals surface area contributed by atoms with Gasteiger partial charge in [0, 0.05) is 18.3 Å². The molecule has 22 heavy (non-hydrogen) atoms. The number of esters is 1. The normalized spacial score (nSPS) is 10.1. The Morgan fingerprint density at radius 3 is 2.41 bits per heavy atom. The van der Waals surface area contributed by atoms with Crippen LogP contribution in [0, 0.1) is 10.1 Å². The first-order valence-electron chi connectivity index (χ1n) is 5.77. The molecule has 0 spiro atoms. The number of pyridine rings is 1. The van der Waals surface area contributed by atoms with Gasteiger partial charge in [0.1, 0.15) is 5.75 Å². The molecule has 0 aliphatic carbocycles. The molecule has 1 heterocycles. The van der Waals surface area contributed by atoms with E-state index in [-0.39, 0.29) is 32.8 Å². The van der Waals surface area contributed by atoms with Gasteiger partial charge < -0.3 is 9.47 Å². The lowest BCUT2D eigenvalue weighted by Gasteiger charge is -2.09. The molecule has 2 aromatic rings. The zero-order chi connectivity index (χ0) is 16.3. The third-order valence-corrected chi connectivity index (χ3v) is 3.11. The van der Waals surface area contributed by atoms with Gasteiger partial charge in [-0.3, -0.25) is 15.1 Å². The number of ether oxygens (including phenoxy) is 2. The molecule has 0 fully saturated rings. The Kier molecular flexibility index (Phi) is 4.79. The first kappa shape index (κ1) is 16.0. The van der Waals surface area contributed by atoms with Gasteiger partial charge in [-0.1, -0.05) is 23.2 Å². The summed E-state index contributed by atoms with van der Waals surface area (Å²) in [5.74, 6) is -0.378. The second kappa shape index (κ2) is 6.59. The Hall–Kier alpha value is -2.38. The lowest BCUT2D eigenvalue weighted by Crippen LogP contribution is -2.02. The number of non-ortho nitro benzene ring substituents is 1. The number of benzene rings is 1. The molecule has 0 aliphatic heterocycles. The molecule has 0 amide bonds. The first-order chi connectivity index (χ1) is 10.4. The van der Waals surface area contributed by atoms with Crippen molar-refractivity contribution in [3.05, 3.63) is 56.3 Å². The number of nitro benzene ring substituents is 1. The lowest BCUT2D eigenvalue weighted by atomic mass is 10.2. The number of nitrogens with zero attached hydrogens (tertiary/aromatic N) is 2. The summed E-state index contributed by atoms with van der Waals surface area (Å²) in [5.41, 5.74) is -0.0852. The highest BCUT2D eigenvalue weighted by Gasteiger charge is 2.17. The molecule has 114 valence electrons. The maximum absolute atomic E-state index is 11.4. The minimum atomic E-state index is -0.624. The number of methoxy groups -OCH3 is 1. The van der Waals surface area contributed by atoms with Crippen molar-refractivity contribution in [2.45, 2.75) is 0 Å².